The molecule has 3 aliphatic rings. The monoisotopic (exact) mass is 422 g/mol. The molecular formula is C24H26N2O5. The normalized spacial score (nSPS) is 22.4. The van der Waals surface area contributed by atoms with Crippen molar-refractivity contribution in [3.63, 3.8) is 0 Å². The number of carbonyl (C=O) groups is 2. The number of anilines is 1. The number of nitrogens with one attached hydrogen (secondary N) is 1. The van der Waals surface area contributed by atoms with E-state index < -0.39 is 6.10 Å². The first-order valence-corrected chi connectivity index (χ1v) is 10.9. The predicted molar refractivity (Wildman–Crippen MR) is 114 cm³/mol. The van der Waals surface area contributed by atoms with Gasteiger partial charge in [0.15, 0.2) is 11.5 Å². The Morgan fingerprint density at radius 1 is 0.935 bits per heavy atom. The molecule has 2 atom stereocenters. The molecule has 2 aromatic rings. The number of nitrogens with zero attached hydrogens (tertiary/aromatic N) is 1. The Morgan fingerprint density at radius 3 is 2.65 bits per heavy atom. The molecule has 3 heterocycles. The summed E-state index contributed by atoms with van der Waals surface area (Å²) in [6.45, 7) is 2.41. The number of hydrogen-bond donors (Lipinski definition) is 1. The van der Waals surface area contributed by atoms with Crippen molar-refractivity contribution in [1.82, 2.24) is 4.90 Å². The van der Waals surface area contributed by atoms with Crippen molar-refractivity contribution >= 4 is 17.5 Å². The summed E-state index contributed by atoms with van der Waals surface area (Å²) in [5.74, 6) is 1.30. The van der Waals surface area contributed by atoms with E-state index in [0.717, 1.165) is 42.7 Å². The number of rotatable bonds is 4. The Balaban J connectivity index is 1.32. The fourth-order valence-corrected chi connectivity index (χ4v) is 4.53. The van der Waals surface area contributed by atoms with E-state index in [2.05, 4.69) is 5.32 Å². The molecule has 7 nitrogen and oxygen atoms in total. The number of carbonyl (C=O) groups excluding carboxylic acids is 2. The predicted octanol–water partition coefficient (Wildman–Crippen LogP) is 3.55. The number of likely N-dealkylation sites (tertiary alicyclic amines) is 1. The minimum atomic E-state index is -0.405. The first kappa shape index (κ1) is 19.9. The third kappa shape index (κ3) is 4.10. The standard InChI is InChI=1S/C24H26N2O5/c27-23(21-7-3-11-29-21)25-18-5-1-4-17(14-18)24(28)26-10-2-6-19(26)16-8-9-20-22(15-16)31-13-12-30-20/h1,4-5,8-9,14-15,19,21H,2-3,6-7,10-13H2,(H,25,27)/t19-,21+/m0/s1. The summed E-state index contributed by atoms with van der Waals surface area (Å²) in [7, 11) is 0. The lowest BCUT2D eigenvalue weighted by atomic mass is 10.0. The highest BCUT2D eigenvalue weighted by atomic mass is 16.6. The first-order valence-electron chi connectivity index (χ1n) is 10.9. The van der Waals surface area contributed by atoms with Gasteiger partial charge in [0.25, 0.3) is 11.8 Å². The molecule has 3 aliphatic heterocycles. The quantitative estimate of drug-likeness (QED) is 0.815. The van der Waals surface area contributed by atoms with Gasteiger partial charge in [-0.05, 0) is 61.6 Å². The van der Waals surface area contributed by atoms with Crippen LogP contribution in [0.5, 0.6) is 11.5 Å². The molecule has 2 aromatic carbocycles. The van der Waals surface area contributed by atoms with Gasteiger partial charge >= 0.3 is 0 Å². The molecule has 31 heavy (non-hydrogen) atoms. The molecule has 162 valence electrons. The average Bonchev–Trinajstić information content (AvgIpc) is 3.51. The highest BCUT2D eigenvalue weighted by Crippen LogP contribution is 2.38. The van der Waals surface area contributed by atoms with Crippen LogP contribution >= 0.6 is 0 Å². The molecule has 0 radical (unpaired) electrons. The second-order valence-corrected chi connectivity index (χ2v) is 8.13. The molecule has 0 aromatic heterocycles. The van der Waals surface area contributed by atoms with Gasteiger partial charge in [0.05, 0.1) is 6.04 Å². The van der Waals surface area contributed by atoms with E-state index in [1.54, 1.807) is 24.3 Å². The van der Waals surface area contributed by atoms with Crippen LogP contribution in [-0.4, -0.2) is 49.2 Å². The second kappa shape index (κ2) is 8.59. The van der Waals surface area contributed by atoms with Gasteiger partial charge in [-0.25, -0.2) is 0 Å². The van der Waals surface area contributed by atoms with Crippen molar-refractivity contribution in [3.05, 3.63) is 53.6 Å². The van der Waals surface area contributed by atoms with Crippen LogP contribution in [0.1, 0.15) is 47.6 Å². The summed E-state index contributed by atoms with van der Waals surface area (Å²) in [5.41, 5.74) is 2.23. The second-order valence-electron chi connectivity index (χ2n) is 8.13. The molecule has 7 heteroatoms. The summed E-state index contributed by atoms with van der Waals surface area (Å²) < 4.78 is 16.8. The van der Waals surface area contributed by atoms with Gasteiger partial charge in [0.1, 0.15) is 19.3 Å². The molecule has 0 unspecified atom stereocenters. The van der Waals surface area contributed by atoms with Crippen LogP contribution in [-0.2, 0) is 9.53 Å². The van der Waals surface area contributed by atoms with Gasteiger partial charge in [-0.1, -0.05) is 12.1 Å². The third-order valence-corrected chi connectivity index (χ3v) is 6.06. The zero-order chi connectivity index (χ0) is 21.2. The van der Waals surface area contributed by atoms with Crippen LogP contribution in [0.25, 0.3) is 0 Å². The smallest absolute Gasteiger partial charge is 0.254 e. The van der Waals surface area contributed by atoms with Crippen molar-refractivity contribution in [2.24, 2.45) is 0 Å². The Bertz CT molecular complexity index is 986. The first-order chi connectivity index (χ1) is 15.2. The number of benzene rings is 2. The lowest BCUT2D eigenvalue weighted by Crippen LogP contribution is -2.31. The summed E-state index contributed by atoms with van der Waals surface area (Å²) in [4.78, 5) is 27.6. The minimum Gasteiger partial charge on any atom is -0.486 e. The highest BCUT2D eigenvalue weighted by Gasteiger charge is 2.32. The lowest BCUT2D eigenvalue weighted by Gasteiger charge is -2.27. The molecular weight excluding hydrogens is 396 g/mol. The Kier molecular flexibility index (Phi) is 5.51. The van der Waals surface area contributed by atoms with Crippen molar-refractivity contribution in [3.8, 4) is 11.5 Å². The number of fused-ring (bicyclic) bond motifs is 1. The number of amides is 2. The van der Waals surface area contributed by atoms with Crippen molar-refractivity contribution < 1.29 is 23.8 Å². The Labute approximate surface area is 181 Å². The third-order valence-electron chi connectivity index (χ3n) is 6.06. The molecule has 1 N–H and O–H groups in total. The summed E-state index contributed by atoms with van der Waals surface area (Å²) >= 11 is 0. The molecule has 0 aliphatic carbocycles. The number of ether oxygens (including phenoxy) is 3. The maximum atomic E-state index is 13.3. The molecule has 0 spiro atoms. The summed E-state index contributed by atoms with van der Waals surface area (Å²) in [5, 5.41) is 2.88. The van der Waals surface area contributed by atoms with Crippen molar-refractivity contribution in [2.75, 3.05) is 31.7 Å². The van der Waals surface area contributed by atoms with Gasteiger partial charge in [0, 0.05) is 24.4 Å². The van der Waals surface area contributed by atoms with E-state index in [9.17, 15) is 9.59 Å². The molecule has 0 saturated carbocycles. The fourth-order valence-electron chi connectivity index (χ4n) is 4.53. The van der Waals surface area contributed by atoms with E-state index in [0.29, 0.717) is 37.6 Å². The largest absolute Gasteiger partial charge is 0.486 e. The van der Waals surface area contributed by atoms with Crippen LogP contribution in [0.2, 0.25) is 0 Å². The number of hydrogen-bond acceptors (Lipinski definition) is 5. The van der Waals surface area contributed by atoms with E-state index in [-0.39, 0.29) is 17.9 Å². The Hall–Kier alpha value is -3.06. The minimum absolute atomic E-state index is 0.00605. The molecule has 2 fully saturated rings. The van der Waals surface area contributed by atoms with E-state index in [1.165, 1.54) is 0 Å². The van der Waals surface area contributed by atoms with Crippen LogP contribution in [0, 0.1) is 0 Å². The topological polar surface area (TPSA) is 77.1 Å². The Morgan fingerprint density at radius 2 is 1.81 bits per heavy atom. The van der Waals surface area contributed by atoms with Crippen LogP contribution in [0.4, 0.5) is 5.69 Å². The zero-order valence-corrected chi connectivity index (χ0v) is 17.3. The molecule has 2 amide bonds. The van der Waals surface area contributed by atoms with Gasteiger partial charge in [0.2, 0.25) is 0 Å². The van der Waals surface area contributed by atoms with Gasteiger partial charge < -0.3 is 24.4 Å². The van der Waals surface area contributed by atoms with Gasteiger partial charge in [-0.3, -0.25) is 9.59 Å². The average molecular weight is 422 g/mol. The maximum absolute atomic E-state index is 13.3. The highest BCUT2D eigenvalue weighted by molar-refractivity contribution is 5.98. The maximum Gasteiger partial charge on any atom is 0.254 e. The SMILES string of the molecule is O=C(Nc1cccc(C(=O)N2CCC[C@H]2c2ccc3c(c2)OCCO3)c1)[C@H]1CCCO1. The molecule has 0 bridgehead atoms. The van der Waals surface area contributed by atoms with Crippen LogP contribution < -0.4 is 14.8 Å². The van der Waals surface area contributed by atoms with Crippen LogP contribution in [0.3, 0.4) is 0 Å². The summed E-state index contributed by atoms with van der Waals surface area (Å²) in [6, 6.07) is 13.1. The summed E-state index contributed by atoms with van der Waals surface area (Å²) in [6.07, 6.45) is 3.07. The molecule has 5 rings (SSSR count). The van der Waals surface area contributed by atoms with Crippen LogP contribution in [0.15, 0.2) is 42.5 Å². The van der Waals surface area contributed by atoms with Crippen molar-refractivity contribution in [1.29, 1.82) is 0 Å². The zero-order valence-electron chi connectivity index (χ0n) is 17.3. The van der Waals surface area contributed by atoms with Gasteiger partial charge in [-0.2, -0.15) is 0 Å². The fraction of sp³-hybridized carbons (Fsp3) is 0.417. The van der Waals surface area contributed by atoms with E-state index >= 15 is 0 Å². The lowest BCUT2D eigenvalue weighted by molar-refractivity contribution is -0.124. The van der Waals surface area contributed by atoms with Crippen molar-refractivity contribution in [2.45, 2.75) is 37.8 Å². The van der Waals surface area contributed by atoms with E-state index in [1.807, 2.05) is 23.1 Å². The molecule has 2 saturated heterocycles. The van der Waals surface area contributed by atoms with E-state index in [4.69, 9.17) is 14.2 Å². The van der Waals surface area contributed by atoms with Gasteiger partial charge in [-0.15, -0.1) is 0 Å².